The normalized spacial score (nSPS) is 16.9. The van der Waals surface area contributed by atoms with Crippen molar-refractivity contribution in [3.8, 4) is 0 Å². The maximum absolute atomic E-state index is 13.6. The van der Waals surface area contributed by atoms with Gasteiger partial charge in [-0.1, -0.05) is 6.92 Å². The van der Waals surface area contributed by atoms with Crippen molar-refractivity contribution in [3.63, 3.8) is 0 Å². The van der Waals surface area contributed by atoms with Gasteiger partial charge in [0.25, 0.3) is 5.91 Å². The lowest BCUT2D eigenvalue weighted by atomic mass is 9.98. The molecule has 0 aliphatic carbocycles. The number of carbonyl (C=O) groups excluding carboxylic acids is 1. The summed E-state index contributed by atoms with van der Waals surface area (Å²) in [5, 5.41) is 0. The fourth-order valence-corrected chi connectivity index (χ4v) is 2.22. The van der Waals surface area contributed by atoms with Crippen LogP contribution in [0.5, 0.6) is 0 Å². The van der Waals surface area contributed by atoms with Crippen molar-refractivity contribution in [3.05, 3.63) is 29.1 Å². The van der Waals surface area contributed by atoms with Crippen LogP contribution >= 0.6 is 0 Å². The monoisotopic (exact) mass is 250 g/mol. The number of anilines is 1. The fraction of sp³-hybridized carbons (Fsp3) is 0.500. The van der Waals surface area contributed by atoms with Crippen molar-refractivity contribution in [2.24, 2.45) is 5.92 Å². The molecular formula is C14H19FN2O. The van der Waals surface area contributed by atoms with Gasteiger partial charge in [-0.15, -0.1) is 0 Å². The Kier molecular flexibility index (Phi) is 3.55. The second kappa shape index (κ2) is 4.96. The summed E-state index contributed by atoms with van der Waals surface area (Å²) in [4.78, 5) is 14.0. The molecule has 1 heterocycles. The molecule has 1 saturated heterocycles. The molecular weight excluding hydrogens is 231 g/mol. The molecule has 18 heavy (non-hydrogen) atoms. The molecule has 1 aliphatic rings. The topological polar surface area (TPSA) is 46.3 Å². The van der Waals surface area contributed by atoms with Gasteiger partial charge in [-0.25, -0.2) is 4.39 Å². The Bertz CT molecular complexity index is 442. The predicted molar refractivity (Wildman–Crippen MR) is 69.9 cm³/mol. The van der Waals surface area contributed by atoms with Crippen LogP contribution in [0, 0.1) is 18.7 Å². The molecule has 1 aromatic carbocycles. The van der Waals surface area contributed by atoms with Crippen LogP contribution in [0.4, 0.5) is 10.1 Å². The number of benzene rings is 1. The minimum absolute atomic E-state index is 0.118. The summed E-state index contributed by atoms with van der Waals surface area (Å²) < 4.78 is 13.6. The van der Waals surface area contributed by atoms with Crippen LogP contribution in [0.2, 0.25) is 0 Å². The molecule has 0 atom stereocenters. The Morgan fingerprint density at radius 2 is 2.00 bits per heavy atom. The van der Waals surface area contributed by atoms with Gasteiger partial charge in [0.1, 0.15) is 5.82 Å². The number of amides is 1. The highest BCUT2D eigenvalue weighted by Crippen LogP contribution is 2.22. The van der Waals surface area contributed by atoms with E-state index in [1.807, 2.05) is 0 Å². The summed E-state index contributed by atoms with van der Waals surface area (Å²) in [6.07, 6.45) is 2.02. The van der Waals surface area contributed by atoms with Crippen molar-refractivity contribution in [2.75, 3.05) is 18.8 Å². The predicted octanol–water partition coefficient (Wildman–Crippen LogP) is 2.59. The van der Waals surface area contributed by atoms with E-state index in [4.69, 9.17) is 5.73 Å². The molecule has 1 aliphatic heterocycles. The number of piperidine rings is 1. The first kappa shape index (κ1) is 12.9. The van der Waals surface area contributed by atoms with Crippen LogP contribution in [-0.2, 0) is 0 Å². The average Bonchev–Trinajstić information content (AvgIpc) is 2.35. The molecule has 0 bridgehead atoms. The van der Waals surface area contributed by atoms with Crippen molar-refractivity contribution < 1.29 is 9.18 Å². The van der Waals surface area contributed by atoms with E-state index in [9.17, 15) is 9.18 Å². The van der Waals surface area contributed by atoms with Crippen LogP contribution < -0.4 is 5.73 Å². The van der Waals surface area contributed by atoms with E-state index in [2.05, 4.69) is 6.92 Å². The summed E-state index contributed by atoms with van der Waals surface area (Å²) in [6.45, 7) is 5.29. The van der Waals surface area contributed by atoms with Crippen LogP contribution in [0.25, 0.3) is 0 Å². The zero-order valence-electron chi connectivity index (χ0n) is 10.9. The first-order valence-corrected chi connectivity index (χ1v) is 6.34. The maximum atomic E-state index is 13.6. The van der Waals surface area contributed by atoms with Gasteiger partial charge < -0.3 is 10.6 Å². The van der Waals surface area contributed by atoms with Crippen LogP contribution in [0.3, 0.4) is 0 Å². The van der Waals surface area contributed by atoms with E-state index in [0.717, 1.165) is 25.9 Å². The van der Waals surface area contributed by atoms with Gasteiger partial charge in [0, 0.05) is 29.9 Å². The molecule has 0 saturated carbocycles. The lowest BCUT2D eigenvalue weighted by Gasteiger charge is -2.30. The van der Waals surface area contributed by atoms with Crippen molar-refractivity contribution in [1.82, 2.24) is 4.90 Å². The van der Waals surface area contributed by atoms with Gasteiger partial charge in [-0.3, -0.25) is 4.79 Å². The number of nitrogens with two attached hydrogens (primary N) is 1. The van der Waals surface area contributed by atoms with Gasteiger partial charge in [0.15, 0.2) is 0 Å². The first-order chi connectivity index (χ1) is 8.49. The van der Waals surface area contributed by atoms with Gasteiger partial charge >= 0.3 is 0 Å². The molecule has 0 radical (unpaired) electrons. The fourth-order valence-electron chi connectivity index (χ4n) is 2.22. The minimum Gasteiger partial charge on any atom is -0.398 e. The minimum atomic E-state index is -0.413. The highest BCUT2D eigenvalue weighted by molar-refractivity contribution is 5.95. The van der Waals surface area contributed by atoms with Crippen LogP contribution in [0.1, 0.15) is 35.7 Å². The number of nitrogen functional groups attached to an aromatic ring is 1. The molecule has 1 amide bonds. The number of hydrogen-bond donors (Lipinski definition) is 1. The summed E-state index contributed by atoms with van der Waals surface area (Å²) >= 11 is 0. The highest BCUT2D eigenvalue weighted by atomic mass is 19.1. The van der Waals surface area contributed by atoms with E-state index in [-0.39, 0.29) is 5.91 Å². The van der Waals surface area contributed by atoms with E-state index in [1.54, 1.807) is 17.9 Å². The SMILES string of the molecule is Cc1c(N)cc(C(=O)N2CCC(C)CC2)cc1F. The van der Waals surface area contributed by atoms with E-state index >= 15 is 0 Å². The molecule has 1 fully saturated rings. The Morgan fingerprint density at radius 1 is 1.39 bits per heavy atom. The Balaban J connectivity index is 2.19. The summed E-state index contributed by atoms with van der Waals surface area (Å²) in [5.41, 5.74) is 6.79. The van der Waals surface area contributed by atoms with E-state index in [1.165, 1.54) is 6.07 Å². The maximum Gasteiger partial charge on any atom is 0.254 e. The average molecular weight is 250 g/mol. The largest absolute Gasteiger partial charge is 0.398 e. The van der Waals surface area contributed by atoms with Gasteiger partial charge in [-0.2, -0.15) is 0 Å². The molecule has 0 spiro atoms. The third-order valence-electron chi connectivity index (χ3n) is 3.70. The molecule has 0 aromatic heterocycles. The smallest absolute Gasteiger partial charge is 0.254 e. The van der Waals surface area contributed by atoms with Crippen molar-refractivity contribution in [1.29, 1.82) is 0 Å². The Labute approximate surface area is 107 Å². The lowest BCUT2D eigenvalue weighted by molar-refractivity contribution is 0.0697. The quantitative estimate of drug-likeness (QED) is 0.779. The summed E-state index contributed by atoms with van der Waals surface area (Å²) in [5.74, 6) is 0.130. The second-order valence-electron chi connectivity index (χ2n) is 5.15. The summed E-state index contributed by atoms with van der Waals surface area (Å²) in [6, 6.07) is 2.85. The van der Waals surface area contributed by atoms with Crippen LogP contribution in [-0.4, -0.2) is 23.9 Å². The molecule has 2 N–H and O–H groups in total. The number of carbonyl (C=O) groups is 1. The Hall–Kier alpha value is -1.58. The lowest BCUT2D eigenvalue weighted by Crippen LogP contribution is -2.38. The number of nitrogens with zero attached hydrogens (tertiary/aromatic N) is 1. The van der Waals surface area contributed by atoms with Gasteiger partial charge in [0.2, 0.25) is 0 Å². The molecule has 1 aromatic rings. The molecule has 3 nitrogen and oxygen atoms in total. The zero-order chi connectivity index (χ0) is 13.3. The summed E-state index contributed by atoms with van der Waals surface area (Å²) in [7, 11) is 0. The molecule has 4 heteroatoms. The van der Waals surface area contributed by atoms with E-state index < -0.39 is 5.82 Å². The standard InChI is InChI=1S/C14H19FN2O/c1-9-3-5-17(6-4-9)14(18)11-7-12(15)10(2)13(16)8-11/h7-9H,3-6,16H2,1-2H3. The molecule has 0 unspecified atom stereocenters. The van der Waals surface area contributed by atoms with Crippen molar-refractivity contribution in [2.45, 2.75) is 26.7 Å². The molecule has 2 rings (SSSR count). The Morgan fingerprint density at radius 3 is 2.56 bits per heavy atom. The first-order valence-electron chi connectivity index (χ1n) is 6.34. The van der Waals surface area contributed by atoms with Gasteiger partial charge in [-0.05, 0) is 37.8 Å². The van der Waals surface area contributed by atoms with Crippen LogP contribution in [0.15, 0.2) is 12.1 Å². The van der Waals surface area contributed by atoms with Crippen molar-refractivity contribution >= 4 is 11.6 Å². The van der Waals surface area contributed by atoms with E-state index in [0.29, 0.717) is 22.7 Å². The number of halogens is 1. The number of hydrogen-bond acceptors (Lipinski definition) is 2. The zero-order valence-corrected chi connectivity index (χ0v) is 10.9. The number of likely N-dealkylation sites (tertiary alicyclic amines) is 1. The molecule has 98 valence electrons. The van der Waals surface area contributed by atoms with Gasteiger partial charge in [0.05, 0.1) is 0 Å². The number of rotatable bonds is 1. The highest BCUT2D eigenvalue weighted by Gasteiger charge is 2.22. The third-order valence-corrected chi connectivity index (χ3v) is 3.70. The third kappa shape index (κ3) is 2.47. The second-order valence-corrected chi connectivity index (χ2v) is 5.15.